The quantitative estimate of drug-likeness (QED) is 0.927. The Morgan fingerprint density at radius 1 is 1.08 bits per heavy atom. The Hall–Kier alpha value is -2.76. The molecule has 130 valence electrons. The van der Waals surface area contributed by atoms with Crippen LogP contribution in [0.2, 0.25) is 0 Å². The summed E-state index contributed by atoms with van der Waals surface area (Å²) in [6, 6.07) is 11.5. The molecule has 1 fully saturated rings. The van der Waals surface area contributed by atoms with E-state index in [0.717, 1.165) is 0 Å². The number of carbonyl (C=O) groups excluding carboxylic acids is 2. The molecule has 2 amide bonds. The molecule has 1 unspecified atom stereocenters. The fraction of sp³-hybridized carbons (Fsp3) is 0.263. The van der Waals surface area contributed by atoms with Gasteiger partial charge in [0.15, 0.2) is 0 Å². The normalized spacial score (nSPS) is 17.2. The highest BCUT2D eigenvalue weighted by Crippen LogP contribution is 2.21. The summed E-state index contributed by atoms with van der Waals surface area (Å²) in [5.41, 5.74) is 0.385. The van der Waals surface area contributed by atoms with Gasteiger partial charge in [-0.3, -0.25) is 9.59 Å². The fourth-order valence-electron chi connectivity index (χ4n) is 2.99. The number of piperidine rings is 1. The molecule has 1 heterocycles. The first kappa shape index (κ1) is 17.1. The lowest BCUT2D eigenvalue weighted by atomic mass is 9.96. The minimum Gasteiger partial charge on any atom is -0.338 e. The molecule has 0 saturated carbocycles. The van der Waals surface area contributed by atoms with Gasteiger partial charge in [0.25, 0.3) is 5.91 Å². The summed E-state index contributed by atoms with van der Waals surface area (Å²) >= 11 is 0. The van der Waals surface area contributed by atoms with E-state index in [9.17, 15) is 18.4 Å². The molecule has 1 saturated heterocycles. The lowest BCUT2D eigenvalue weighted by molar-refractivity contribution is -0.121. The molecular weight excluding hydrogens is 326 g/mol. The molecule has 0 aliphatic carbocycles. The van der Waals surface area contributed by atoms with Crippen LogP contribution in [0.5, 0.6) is 0 Å². The van der Waals surface area contributed by atoms with Crippen LogP contribution in [0, 0.1) is 17.6 Å². The van der Waals surface area contributed by atoms with Crippen molar-refractivity contribution in [2.45, 2.75) is 12.8 Å². The van der Waals surface area contributed by atoms with Crippen molar-refractivity contribution in [1.82, 2.24) is 4.90 Å². The van der Waals surface area contributed by atoms with Gasteiger partial charge in [0.2, 0.25) is 5.91 Å². The molecule has 4 nitrogen and oxygen atoms in total. The van der Waals surface area contributed by atoms with E-state index < -0.39 is 23.5 Å². The second-order valence-electron chi connectivity index (χ2n) is 6.07. The average Bonchev–Trinajstić information content (AvgIpc) is 2.62. The van der Waals surface area contributed by atoms with Crippen molar-refractivity contribution >= 4 is 17.5 Å². The monoisotopic (exact) mass is 344 g/mol. The molecule has 25 heavy (non-hydrogen) atoms. The average molecular weight is 344 g/mol. The van der Waals surface area contributed by atoms with Crippen LogP contribution in [0.25, 0.3) is 0 Å². The highest BCUT2D eigenvalue weighted by Gasteiger charge is 2.29. The van der Waals surface area contributed by atoms with Gasteiger partial charge >= 0.3 is 0 Å². The third-order valence-corrected chi connectivity index (χ3v) is 4.28. The van der Waals surface area contributed by atoms with Crippen molar-refractivity contribution < 1.29 is 18.4 Å². The number of anilines is 1. The van der Waals surface area contributed by atoms with Crippen LogP contribution >= 0.6 is 0 Å². The Kier molecular flexibility index (Phi) is 5.07. The molecule has 0 spiro atoms. The van der Waals surface area contributed by atoms with Crippen LogP contribution < -0.4 is 5.32 Å². The first-order valence-corrected chi connectivity index (χ1v) is 8.15. The first-order chi connectivity index (χ1) is 12.0. The van der Waals surface area contributed by atoms with Gasteiger partial charge in [-0.15, -0.1) is 0 Å². The highest BCUT2D eigenvalue weighted by molar-refractivity contribution is 5.96. The van der Waals surface area contributed by atoms with Crippen LogP contribution in [-0.2, 0) is 4.79 Å². The predicted octanol–water partition coefficient (Wildman–Crippen LogP) is 3.46. The summed E-state index contributed by atoms with van der Waals surface area (Å²) in [5, 5.41) is 2.67. The number of nitrogens with zero attached hydrogens (tertiary/aromatic N) is 1. The van der Waals surface area contributed by atoms with Gasteiger partial charge in [0.05, 0.1) is 11.5 Å². The summed E-state index contributed by atoms with van der Waals surface area (Å²) in [5.74, 6) is -2.10. The Morgan fingerprint density at radius 2 is 1.88 bits per heavy atom. The number of hydrogen-bond acceptors (Lipinski definition) is 2. The van der Waals surface area contributed by atoms with Crippen LogP contribution in [0.3, 0.4) is 0 Å². The van der Waals surface area contributed by atoms with E-state index in [-0.39, 0.29) is 18.0 Å². The van der Waals surface area contributed by atoms with Crippen molar-refractivity contribution in [3.8, 4) is 0 Å². The lowest BCUT2D eigenvalue weighted by Gasteiger charge is -2.32. The lowest BCUT2D eigenvalue weighted by Crippen LogP contribution is -2.44. The summed E-state index contributed by atoms with van der Waals surface area (Å²) < 4.78 is 27.0. The summed E-state index contributed by atoms with van der Waals surface area (Å²) in [6.45, 7) is 0.700. The maximum Gasteiger partial charge on any atom is 0.256 e. The van der Waals surface area contributed by atoms with E-state index in [1.54, 1.807) is 12.1 Å². The van der Waals surface area contributed by atoms with Gasteiger partial charge in [-0.25, -0.2) is 8.78 Å². The SMILES string of the molecule is O=C(Nc1cccc(F)c1)C1CCCN(C(=O)c2ccccc2F)C1. The van der Waals surface area contributed by atoms with Gasteiger partial charge in [0.1, 0.15) is 11.6 Å². The van der Waals surface area contributed by atoms with Crippen LogP contribution in [0.1, 0.15) is 23.2 Å². The van der Waals surface area contributed by atoms with Crippen LogP contribution in [-0.4, -0.2) is 29.8 Å². The maximum absolute atomic E-state index is 13.8. The molecule has 1 N–H and O–H groups in total. The predicted molar refractivity (Wildman–Crippen MR) is 90.1 cm³/mol. The molecule has 0 radical (unpaired) electrons. The second kappa shape index (κ2) is 7.42. The Bertz CT molecular complexity index is 794. The second-order valence-corrected chi connectivity index (χ2v) is 6.07. The van der Waals surface area contributed by atoms with E-state index in [1.807, 2.05) is 0 Å². The van der Waals surface area contributed by atoms with Gasteiger partial charge in [0, 0.05) is 18.8 Å². The van der Waals surface area contributed by atoms with E-state index in [2.05, 4.69) is 5.32 Å². The zero-order chi connectivity index (χ0) is 17.8. The molecule has 1 aliphatic rings. The largest absolute Gasteiger partial charge is 0.338 e. The van der Waals surface area contributed by atoms with Gasteiger partial charge in [-0.05, 0) is 43.2 Å². The molecule has 0 bridgehead atoms. The Morgan fingerprint density at radius 3 is 2.64 bits per heavy atom. The topological polar surface area (TPSA) is 49.4 Å². The third-order valence-electron chi connectivity index (χ3n) is 4.28. The molecule has 2 aromatic carbocycles. The number of rotatable bonds is 3. The number of halogens is 2. The van der Waals surface area contributed by atoms with E-state index in [4.69, 9.17) is 0 Å². The maximum atomic E-state index is 13.8. The van der Waals surface area contributed by atoms with E-state index >= 15 is 0 Å². The van der Waals surface area contributed by atoms with Crippen molar-refractivity contribution in [3.63, 3.8) is 0 Å². The number of hydrogen-bond donors (Lipinski definition) is 1. The van der Waals surface area contributed by atoms with Crippen molar-refractivity contribution in [3.05, 3.63) is 65.7 Å². The standard InChI is InChI=1S/C19H18F2N2O2/c20-14-6-3-7-15(11-14)22-18(24)13-5-4-10-23(12-13)19(25)16-8-1-2-9-17(16)21/h1-3,6-9,11,13H,4-5,10,12H2,(H,22,24). The summed E-state index contributed by atoms with van der Waals surface area (Å²) in [4.78, 5) is 26.4. The van der Waals surface area contributed by atoms with Crippen LogP contribution in [0.15, 0.2) is 48.5 Å². The summed E-state index contributed by atoms with van der Waals surface area (Å²) in [7, 11) is 0. The smallest absolute Gasteiger partial charge is 0.256 e. The van der Waals surface area contributed by atoms with Gasteiger partial charge < -0.3 is 10.2 Å². The number of carbonyl (C=O) groups is 2. The zero-order valence-electron chi connectivity index (χ0n) is 13.5. The molecule has 1 aliphatic heterocycles. The van der Waals surface area contributed by atoms with Crippen molar-refractivity contribution in [2.24, 2.45) is 5.92 Å². The van der Waals surface area contributed by atoms with Crippen molar-refractivity contribution in [2.75, 3.05) is 18.4 Å². The molecule has 2 aromatic rings. The minimum absolute atomic E-state index is 0.00805. The summed E-state index contributed by atoms with van der Waals surface area (Å²) in [6.07, 6.45) is 1.28. The highest BCUT2D eigenvalue weighted by atomic mass is 19.1. The van der Waals surface area contributed by atoms with Crippen molar-refractivity contribution in [1.29, 1.82) is 0 Å². The van der Waals surface area contributed by atoms with Gasteiger partial charge in [-0.2, -0.15) is 0 Å². The number of benzene rings is 2. The van der Waals surface area contributed by atoms with Crippen LogP contribution in [0.4, 0.5) is 14.5 Å². The number of likely N-dealkylation sites (tertiary alicyclic amines) is 1. The Labute approximate surface area is 144 Å². The third kappa shape index (κ3) is 4.02. The molecule has 0 aromatic heterocycles. The molecule has 3 rings (SSSR count). The Balaban J connectivity index is 1.67. The minimum atomic E-state index is -0.571. The first-order valence-electron chi connectivity index (χ1n) is 8.15. The zero-order valence-corrected chi connectivity index (χ0v) is 13.5. The molecule has 6 heteroatoms. The number of amides is 2. The van der Waals surface area contributed by atoms with E-state index in [0.29, 0.717) is 25.1 Å². The van der Waals surface area contributed by atoms with E-state index in [1.165, 1.54) is 41.3 Å². The van der Waals surface area contributed by atoms with Gasteiger partial charge in [-0.1, -0.05) is 18.2 Å². The fourth-order valence-corrected chi connectivity index (χ4v) is 2.99. The molecule has 1 atom stereocenters. The molecular formula is C19H18F2N2O2. The number of nitrogens with one attached hydrogen (secondary N) is 1.